The van der Waals surface area contributed by atoms with Crippen LogP contribution in [0.5, 0.6) is 11.5 Å². The van der Waals surface area contributed by atoms with Crippen LogP contribution in [-0.2, 0) is 11.3 Å². The van der Waals surface area contributed by atoms with Crippen LogP contribution in [0.3, 0.4) is 0 Å². The Hall–Kier alpha value is -3.45. The summed E-state index contributed by atoms with van der Waals surface area (Å²) in [6.07, 6.45) is 7.31. The second-order valence-corrected chi connectivity index (χ2v) is 6.86. The Labute approximate surface area is 164 Å². The number of fused-ring (bicyclic) bond motifs is 2. The number of nitrogen functional groups attached to an aromatic ring is 1. The number of aryl methyl sites for hydroxylation is 1. The van der Waals surface area contributed by atoms with E-state index in [9.17, 15) is 4.79 Å². The third-order valence-corrected chi connectivity index (χ3v) is 5.25. The number of ether oxygens (including phenoxy) is 2. The first-order valence-electron chi connectivity index (χ1n) is 8.36. The highest BCUT2D eigenvalue weighted by Gasteiger charge is 2.21. The molecule has 4 rings (SSSR count). The van der Waals surface area contributed by atoms with Crippen molar-refractivity contribution >= 4 is 34.7 Å². The summed E-state index contributed by atoms with van der Waals surface area (Å²) < 4.78 is 12.7. The summed E-state index contributed by atoms with van der Waals surface area (Å²) in [7, 11) is 1.59. The van der Waals surface area contributed by atoms with Gasteiger partial charge < -0.3 is 25.1 Å². The van der Waals surface area contributed by atoms with E-state index in [1.807, 2.05) is 10.6 Å². The van der Waals surface area contributed by atoms with E-state index in [0.29, 0.717) is 39.9 Å². The number of carbonyl (C=O) groups is 1. The van der Waals surface area contributed by atoms with E-state index < -0.39 is 0 Å². The minimum Gasteiger partial charge on any atom is -0.454 e. The molecule has 10 heteroatoms. The quantitative estimate of drug-likeness (QED) is 0.622. The number of imidazole rings is 1. The summed E-state index contributed by atoms with van der Waals surface area (Å²) in [6, 6.07) is 3.58. The molecule has 0 aliphatic carbocycles. The van der Waals surface area contributed by atoms with Crippen LogP contribution in [0.2, 0.25) is 0 Å². The lowest BCUT2D eigenvalue weighted by molar-refractivity contribution is -0.120. The monoisotopic (exact) mass is 396 g/mol. The number of benzene rings is 1. The van der Waals surface area contributed by atoms with Crippen molar-refractivity contribution in [3.63, 3.8) is 0 Å². The van der Waals surface area contributed by atoms with Crippen molar-refractivity contribution in [2.45, 2.75) is 23.0 Å². The number of anilines is 1. The van der Waals surface area contributed by atoms with E-state index in [1.165, 1.54) is 18.1 Å². The molecule has 2 aromatic heterocycles. The Morgan fingerprint density at radius 1 is 1.39 bits per heavy atom. The number of hydrogen-bond donors (Lipinski definition) is 2. The van der Waals surface area contributed by atoms with E-state index in [-0.39, 0.29) is 24.9 Å². The average Bonchev–Trinajstić information content (AvgIpc) is 3.30. The third kappa shape index (κ3) is 3.16. The molecule has 0 saturated carbocycles. The zero-order chi connectivity index (χ0) is 19.7. The highest BCUT2D eigenvalue weighted by molar-refractivity contribution is 7.99. The lowest BCUT2D eigenvalue weighted by Gasteiger charge is -2.09. The zero-order valence-electron chi connectivity index (χ0n) is 14.9. The first-order valence-corrected chi connectivity index (χ1v) is 9.17. The average molecular weight is 396 g/mol. The van der Waals surface area contributed by atoms with Crippen molar-refractivity contribution in [1.82, 2.24) is 24.8 Å². The van der Waals surface area contributed by atoms with Crippen molar-refractivity contribution in [3.8, 4) is 23.8 Å². The summed E-state index contributed by atoms with van der Waals surface area (Å²) in [5.41, 5.74) is 7.64. The van der Waals surface area contributed by atoms with Gasteiger partial charge in [-0.2, -0.15) is 0 Å². The van der Waals surface area contributed by atoms with Crippen LogP contribution >= 0.6 is 11.8 Å². The SMILES string of the molecule is C#Cc1cc2c(cc1Sc1nc3c(N)ncnc3n1CCC(=O)NC)OCO2. The van der Waals surface area contributed by atoms with Crippen LogP contribution in [0.25, 0.3) is 11.2 Å². The number of rotatable bonds is 5. The summed E-state index contributed by atoms with van der Waals surface area (Å²) in [4.78, 5) is 25.4. The van der Waals surface area contributed by atoms with Gasteiger partial charge in [0.1, 0.15) is 6.33 Å². The largest absolute Gasteiger partial charge is 0.454 e. The molecule has 28 heavy (non-hydrogen) atoms. The molecular formula is C18H16N6O3S. The highest BCUT2D eigenvalue weighted by atomic mass is 32.2. The number of terminal acetylenes is 1. The number of carbonyl (C=O) groups excluding carboxylic acids is 1. The lowest BCUT2D eigenvalue weighted by Crippen LogP contribution is -2.19. The van der Waals surface area contributed by atoms with Crippen LogP contribution in [0.4, 0.5) is 5.82 Å². The molecule has 0 fully saturated rings. The highest BCUT2D eigenvalue weighted by Crippen LogP contribution is 2.41. The molecule has 0 bridgehead atoms. The maximum Gasteiger partial charge on any atom is 0.231 e. The van der Waals surface area contributed by atoms with Crippen LogP contribution < -0.4 is 20.5 Å². The fourth-order valence-corrected chi connectivity index (χ4v) is 3.79. The molecule has 0 radical (unpaired) electrons. The van der Waals surface area contributed by atoms with Gasteiger partial charge in [0.2, 0.25) is 12.7 Å². The van der Waals surface area contributed by atoms with Gasteiger partial charge in [-0.1, -0.05) is 17.7 Å². The summed E-state index contributed by atoms with van der Waals surface area (Å²) in [5, 5.41) is 3.21. The second kappa shape index (κ2) is 7.28. The molecule has 3 N–H and O–H groups in total. The van der Waals surface area contributed by atoms with Gasteiger partial charge in [0.05, 0.1) is 0 Å². The predicted octanol–water partition coefficient (Wildman–Crippen LogP) is 1.41. The number of nitrogens with one attached hydrogen (secondary N) is 1. The molecule has 0 atom stereocenters. The Morgan fingerprint density at radius 2 is 2.18 bits per heavy atom. The Morgan fingerprint density at radius 3 is 2.93 bits per heavy atom. The fraction of sp³-hybridized carbons (Fsp3) is 0.222. The standard InChI is InChI=1S/C18H16N6O3S/c1-3-10-6-11-12(27-9-26-11)7-13(10)28-18-23-15-16(19)21-8-22-17(15)24(18)5-4-14(25)20-2/h1,6-8H,4-5,9H2,2H3,(H,20,25)(H2,19,21,22). The molecular weight excluding hydrogens is 380 g/mol. The van der Waals surface area contributed by atoms with Gasteiger partial charge in [0, 0.05) is 36.5 Å². The number of hydrogen-bond acceptors (Lipinski definition) is 8. The lowest BCUT2D eigenvalue weighted by atomic mass is 10.2. The summed E-state index contributed by atoms with van der Waals surface area (Å²) in [6.45, 7) is 0.537. The molecule has 0 unspecified atom stereocenters. The molecule has 0 saturated heterocycles. The van der Waals surface area contributed by atoms with E-state index in [4.69, 9.17) is 21.6 Å². The molecule has 1 aliphatic heterocycles. The van der Waals surface area contributed by atoms with Crippen molar-refractivity contribution in [2.24, 2.45) is 0 Å². The minimum absolute atomic E-state index is 0.0905. The van der Waals surface area contributed by atoms with Gasteiger partial charge in [-0.05, 0) is 6.07 Å². The Kier molecular flexibility index (Phi) is 4.67. The number of aromatic nitrogens is 4. The first kappa shape index (κ1) is 17.9. The fourth-order valence-electron chi connectivity index (χ4n) is 2.77. The number of amides is 1. The minimum atomic E-state index is -0.0905. The number of nitrogens with two attached hydrogens (primary N) is 1. The molecule has 1 amide bonds. The van der Waals surface area contributed by atoms with Crippen molar-refractivity contribution in [3.05, 3.63) is 24.0 Å². The van der Waals surface area contributed by atoms with Gasteiger partial charge in [-0.15, -0.1) is 6.42 Å². The van der Waals surface area contributed by atoms with Crippen molar-refractivity contribution < 1.29 is 14.3 Å². The van der Waals surface area contributed by atoms with Crippen molar-refractivity contribution in [2.75, 3.05) is 19.6 Å². The second-order valence-electron chi connectivity index (χ2n) is 5.85. The predicted molar refractivity (Wildman–Crippen MR) is 103 cm³/mol. The van der Waals surface area contributed by atoms with E-state index in [1.54, 1.807) is 13.1 Å². The van der Waals surface area contributed by atoms with Gasteiger partial charge in [-0.25, -0.2) is 15.0 Å². The molecule has 0 spiro atoms. The van der Waals surface area contributed by atoms with Gasteiger partial charge in [0.25, 0.3) is 0 Å². The molecule has 3 aromatic rings. The van der Waals surface area contributed by atoms with Gasteiger partial charge >= 0.3 is 0 Å². The van der Waals surface area contributed by atoms with Crippen LogP contribution in [-0.4, -0.2) is 39.3 Å². The molecule has 1 aliphatic rings. The summed E-state index contributed by atoms with van der Waals surface area (Å²) >= 11 is 1.34. The zero-order valence-corrected chi connectivity index (χ0v) is 15.7. The third-order valence-electron chi connectivity index (χ3n) is 4.20. The van der Waals surface area contributed by atoms with Crippen molar-refractivity contribution in [1.29, 1.82) is 0 Å². The van der Waals surface area contributed by atoms with E-state index >= 15 is 0 Å². The van der Waals surface area contributed by atoms with E-state index in [2.05, 4.69) is 26.2 Å². The number of nitrogens with zero attached hydrogens (tertiary/aromatic N) is 4. The molecule has 1 aromatic carbocycles. The topological polar surface area (TPSA) is 117 Å². The van der Waals surface area contributed by atoms with E-state index in [0.717, 1.165) is 4.90 Å². The first-order chi connectivity index (χ1) is 13.6. The van der Waals surface area contributed by atoms with Crippen LogP contribution in [0.1, 0.15) is 12.0 Å². The molecule has 3 heterocycles. The Bertz CT molecular complexity index is 1120. The van der Waals surface area contributed by atoms with Gasteiger partial charge in [-0.3, -0.25) is 4.79 Å². The Balaban J connectivity index is 1.77. The molecule has 142 valence electrons. The van der Waals surface area contributed by atoms with Crippen LogP contribution in [0, 0.1) is 12.3 Å². The molecule has 9 nitrogen and oxygen atoms in total. The normalized spacial score (nSPS) is 12.1. The maximum atomic E-state index is 11.7. The summed E-state index contributed by atoms with van der Waals surface area (Å²) in [5.74, 6) is 4.07. The maximum absolute atomic E-state index is 11.7. The smallest absolute Gasteiger partial charge is 0.231 e. The van der Waals surface area contributed by atoms with Gasteiger partial charge in [0.15, 0.2) is 33.6 Å². The van der Waals surface area contributed by atoms with Crippen LogP contribution in [0.15, 0.2) is 28.5 Å².